The van der Waals surface area contributed by atoms with E-state index in [0.29, 0.717) is 11.3 Å². The lowest BCUT2D eigenvalue weighted by Gasteiger charge is -2.27. The standard InChI is InChI=1S/C41H66N10O14S2/c1-20(2)32(41(64)65)51-38(61)26(11-12-30(43)55)47-39(62)29(19-52)49-37(60)28(14-16-67-6)48-40(63)33(22(4)53)50-31(56)18-44-34(57)21(3)45-36(59)27(13-15-66-5)46-35(58)25(42)17-23-7-9-24(54)10-8-23/h7-10,20-22,25-29,32-33,52-54H,11-19,42H2,1-6H3,(H2,43,55)(H,44,57)(H,45,59)(H,46,58)(H,47,62)(H,48,63)(H,49,60)(H,50,56)(H,51,61)(H,64,65)/t21-,22+,25-,26-,27-,28-,29-,32-,33-/m0/s1. The van der Waals surface area contributed by atoms with E-state index in [0.717, 1.165) is 0 Å². The molecule has 0 spiro atoms. The summed E-state index contributed by atoms with van der Waals surface area (Å²) in [5.41, 5.74) is 12.0. The van der Waals surface area contributed by atoms with Crippen molar-refractivity contribution in [3.05, 3.63) is 29.8 Å². The van der Waals surface area contributed by atoms with Crippen LogP contribution in [0.4, 0.5) is 0 Å². The van der Waals surface area contributed by atoms with Crippen molar-refractivity contribution in [2.45, 2.75) is 114 Å². The molecule has 67 heavy (non-hydrogen) atoms. The third-order valence-corrected chi connectivity index (χ3v) is 11.1. The number of hydrogen-bond donors (Lipinski definition) is 14. The Balaban J connectivity index is 2.97. The highest BCUT2D eigenvalue weighted by Gasteiger charge is 2.34. The van der Waals surface area contributed by atoms with E-state index in [1.807, 2.05) is 0 Å². The second-order valence-electron chi connectivity index (χ2n) is 15.8. The van der Waals surface area contributed by atoms with Crippen molar-refractivity contribution in [2.24, 2.45) is 17.4 Å². The van der Waals surface area contributed by atoms with Gasteiger partial charge in [-0.05, 0) is 87.2 Å². The van der Waals surface area contributed by atoms with Gasteiger partial charge in [-0.1, -0.05) is 26.0 Å². The van der Waals surface area contributed by atoms with Gasteiger partial charge in [0.2, 0.25) is 53.2 Å². The van der Waals surface area contributed by atoms with Gasteiger partial charge in [0.05, 0.1) is 25.3 Å². The average molecular weight is 987 g/mol. The van der Waals surface area contributed by atoms with E-state index in [1.54, 1.807) is 24.6 Å². The van der Waals surface area contributed by atoms with Crippen LogP contribution in [0.15, 0.2) is 24.3 Å². The molecule has 0 radical (unpaired) electrons. The van der Waals surface area contributed by atoms with Gasteiger partial charge in [-0.3, -0.25) is 43.2 Å². The van der Waals surface area contributed by atoms with Crippen molar-refractivity contribution in [3.63, 3.8) is 0 Å². The Morgan fingerprint density at radius 2 is 1.10 bits per heavy atom. The Kier molecular flexibility index (Phi) is 27.1. The molecule has 1 aromatic carbocycles. The quantitative estimate of drug-likeness (QED) is 0.0335. The number of hydrogen-bond acceptors (Lipinski definition) is 16. The SMILES string of the molecule is CSCC[C@H](NC(=O)[C@@H](NC(=O)CNC(=O)[C@H](C)NC(=O)[C@H](CCSC)NC(=O)[C@@H](N)Cc1ccc(O)cc1)[C@@H](C)O)C(=O)N[C@@H](CO)C(=O)N[C@@H](CCC(N)=O)C(=O)N[C@H](C(=O)O)C(C)C. The van der Waals surface area contributed by atoms with E-state index >= 15 is 0 Å². The van der Waals surface area contributed by atoms with E-state index in [2.05, 4.69) is 42.5 Å². The number of carboxylic acids is 1. The van der Waals surface area contributed by atoms with Gasteiger partial charge < -0.3 is 74.4 Å². The minimum atomic E-state index is -1.73. The number of aliphatic hydroxyl groups excluding tert-OH is 2. The summed E-state index contributed by atoms with van der Waals surface area (Å²) in [4.78, 5) is 128. The first-order valence-corrected chi connectivity index (χ1v) is 23.9. The molecule has 376 valence electrons. The van der Waals surface area contributed by atoms with Crippen LogP contribution >= 0.6 is 23.5 Å². The molecule has 26 heteroatoms. The number of phenols is 1. The minimum absolute atomic E-state index is 0.0412. The summed E-state index contributed by atoms with van der Waals surface area (Å²) in [7, 11) is 0. The molecule has 24 nitrogen and oxygen atoms in total. The Bertz CT molecular complexity index is 1860. The first kappa shape index (κ1) is 59.3. The summed E-state index contributed by atoms with van der Waals surface area (Å²) in [6, 6.07) is -4.94. The molecule has 0 aliphatic carbocycles. The molecule has 0 aliphatic heterocycles. The largest absolute Gasteiger partial charge is 0.508 e. The zero-order chi connectivity index (χ0) is 51.0. The number of thioether (sulfide) groups is 2. The topological polar surface area (TPSA) is 400 Å². The number of benzene rings is 1. The monoisotopic (exact) mass is 986 g/mol. The Morgan fingerprint density at radius 3 is 1.60 bits per heavy atom. The Morgan fingerprint density at radius 1 is 0.627 bits per heavy atom. The van der Waals surface area contributed by atoms with E-state index < -0.39 is 139 Å². The van der Waals surface area contributed by atoms with Gasteiger partial charge in [-0.15, -0.1) is 0 Å². The summed E-state index contributed by atoms with van der Waals surface area (Å²) in [5.74, 6) is -9.22. The van der Waals surface area contributed by atoms with Crippen LogP contribution in [0.1, 0.15) is 58.9 Å². The molecule has 0 aromatic heterocycles. The number of carbonyl (C=O) groups excluding carboxylic acids is 9. The predicted octanol–water partition coefficient (Wildman–Crippen LogP) is -4.32. The fourth-order valence-corrected chi connectivity index (χ4v) is 6.86. The summed E-state index contributed by atoms with van der Waals surface area (Å²) in [5, 5.41) is 58.4. The van der Waals surface area contributed by atoms with E-state index in [4.69, 9.17) is 11.5 Å². The van der Waals surface area contributed by atoms with E-state index in [1.165, 1.54) is 63.4 Å². The third-order valence-electron chi connectivity index (χ3n) is 9.83. The third kappa shape index (κ3) is 22.1. The van der Waals surface area contributed by atoms with Gasteiger partial charge in [0.15, 0.2) is 0 Å². The van der Waals surface area contributed by atoms with Crippen LogP contribution in [-0.2, 0) is 54.4 Å². The van der Waals surface area contributed by atoms with Gasteiger partial charge in [0, 0.05) is 6.42 Å². The maximum Gasteiger partial charge on any atom is 0.326 e. The molecule has 0 unspecified atom stereocenters. The second-order valence-corrected chi connectivity index (χ2v) is 17.7. The van der Waals surface area contributed by atoms with Crippen molar-refractivity contribution in [1.82, 2.24) is 42.5 Å². The number of amides is 9. The molecule has 16 N–H and O–H groups in total. The van der Waals surface area contributed by atoms with Crippen LogP contribution in [0, 0.1) is 5.92 Å². The van der Waals surface area contributed by atoms with Crippen LogP contribution < -0.4 is 54.0 Å². The Hall–Kier alpha value is -5.70. The number of aliphatic hydroxyl groups is 2. The molecule has 0 saturated heterocycles. The number of primary amides is 1. The maximum atomic E-state index is 13.5. The highest BCUT2D eigenvalue weighted by atomic mass is 32.2. The molecule has 0 aliphatic rings. The first-order valence-electron chi connectivity index (χ1n) is 21.2. The van der Waals surface area contributed by atoms with Crippen LogP contribution in [0.5, 0.6) is 5.75 Å². The minimum Gasteiger partial charge on any atom is -0.508 e. The van der Waals surface area contributed by atoms with Crippen LogP contribution in [0.2, 0.25) is 0 Å². The average Bonchev–Trinajstić information content (AvgIpc) is 3.26. The van der Waals surface area contributed by atoms with Crippen molar-refractivity contribution in [1.29, 1.82) is 0 Å². The fraction of sp³-hybridized carbons (Fsp3) is 0.610. The molecule has 1 aromatic rings. The lowest BCUT2D eigenvalue weighted by atomic mass is 10.0. The lowest BCUT2D eigenvalue weighted by molar-refractivity contribution is -0.143. The molecule has 9 atom stereocenters. The predicted molar refractivity (Wildman–Crippen MR) is 248 cm³/mol. The number of phenolic OH excluding ortho intramolecular Hbond substituents is 1. The smallest absolute Gasteiger partial charge is 0.326 e. The molecular weight excluding hydrogens is 921 g/mol. The molecule has 0 fully saturated rings. The Labute approximate surface area is 396 Å². The zero-order valence-corrected chi connectivity index (χ0v) is 39.9. The van der Waals surface area contributed by atoms with Gasteiger partial charge in [0.25, 0.3) is 0 Å². The first-order chi connectivity index (χ1) is 31.4. The number of aromatic hydroxyl groups is 1. The normalized spacial score (nSPS) is 15.1. The van der Waals surface area contributed by atoms with Gasteiger partial charge >= 0.3 is 5.97 Å². The number of carbonyl (C=O) groups is 10. The van der Waals surface area contributed by atoms with Crippen molar-refractivity contribution >= 4 is 82.7 Å². The van der Waals surface area contributed by atoms with Gasteiger partial charge in [-0.25, -0.2) is 4.79 Å². The van der Waals surface area contributed by atoms with Gasteiger partial charge in [0.1, 0.15) is 48.0 Å². The number of nitrogens with one attached hydrogen (secondary N) is 8. The number of rotatable bonds is 31. The fourth-order valence-electron chi connectivity index (χ4n) is 5.92. The summed E-state index contributed by atoms with van der Waals surface area (Å²) >= 11 is 2.70. The molecule has 1 rings (SSSR count). The number of nitrogens with two attached hydrogens (primary N) is 2. The summed E-state index contributed by atoms with van der Waals surface area (Å²) < 4.78 is 0. The van der Waals surface area contributed by atoms with Crippen molar-refractivity contribution in [3.8, 4) is 5.75 Å². The summed E-state index contributed by atoms with van der Waals surface area (Å²) in [6.07, 6.45) is 1.45. The van der Waals surface area contributed by atoms with Crippen LogP contribution in [0.3, 0.4) is 0 Å². The van der Waals surface area contributed by atoms with Gasteiger partial charge in [-0.2, -0.15) is 23.5 Å². The van der Waals surface area contributed by atoms with Crippen molar-refractivity contribution in [2.75, 3.05) is 37.2 Å². The number of aliphatic carboxylic acids is 1. The highest BCUT2D eigenvalue weighted by molar-refractivity contribution is 7.98. The molecule has 9 amide bonds. The van der Waals surface area contributed by atoms with Crippen LogP contribution in [0.25, 0.3) is 0 Å². The van der Waals surface area contributed by atoms with Crippen molar-refractivity contribution < 1.29 is 68.4 Å². The van der Waals surface area contributed by atoms with E-state index in [9.17, 15) is 68.4 Å². The second kappa shape index (κ2) is 30.6. The van der Waals surface area contributed by atoms with E-state index in [-0.39, 0.29) is 37.2 Å². The molecular formula is C41H66N10O14S2. The highest BCUT2D eigenvalue weighted by Crippen LogP contribution is 2.12. The number of carboxylic acid groups (broad SMARTS) is 1. The molecule has 0 heterocycles. The van der Waals surface area contributed by atoms with Crippen LogP contribution in [-0.4, -0.2) is 171 Å². The summed E-state index contributed by atoms with van der Waals surface area (Å²) in [6.45, 7) is 3.81. The maximum absolute atomic E-state index is 13.5. The molecule has 0 bridgehead atoms. The zero-order valence-electron chi connectivity index (χ0n) is 38.3. The molecule has 0 saturated carbocycles. The lowest BCUT2D eigenvalue weighted by Crippen LogP contribution is -2.61.